The number of ether oxygens (including phenoxy) is 1. The van der Waals surface area contributed by atoms with Gasteiger partial charge in [0.1, 0.15) is 12.6 Å². The van der Waals surface area contributed by atoms with Crippen molar-refractivity contribution in [2.75, 3.05) is 12.4 Å². The van der Waals surface area contributed by atoms with Crippen LogP contribution in [0.15, 0.2) is 66.0 Å². The predicted octanol–water partition coefficient (Wildman–Crippen LogP) is 4.97. The van der Waals surface area contributed by atoms with Gasteiger partial charge in [-0.1, -0.05) is 54.6 Å². The van der Waals surface area contributed by atoms with Gasteiger partial charge in [-0.25, -0.2) is 9.59 Å². The Kier molecular flexibility index (Phi) is 6.40. The number of carboxylic acid groups (broad SMARTS) is 1. The van der Waals surface area contributed by atoms with E-state index in [2.05, 4.69) is 17.4 Å². The molecule has 0 bridgehead atoms. The molecule has 0 saturated heterocycles. The quantitative estimate of drug-likeness (QED) is 0.518. The molecule has 0 fully saturated rings. The van der Waals surface area contributed by atoms with E-state index in [-0.39, 0.29) is 18.3 Å². The summed E-state index contributed by atoms with van der Waals surface area (Å²) in [6.07, 6.45) is -0.707. The first-order valence-electron chi connectivity index (χ1n) is 9.58. The topological polar surface area (TPSA) is 75.6 Å². The molecule has 5 nitrogen and oxygen atoms in total. The number of rotatable bonds is 8. The van der Waals surface area contributed by atoms with Crippen molar-refractivity contribution < 1.29 is 19.4 Å². The lowest BCUT2D eigenvalue weighted by molar-refractivity contribution is -0.138. The molecule has 1 aliphatic rings. The second kappa shape index (κ2) is 9.36. The van der Waals surface area contributed by atoms with Gasteiger partial charge < -0.3 is 15.2 Å². The minimum absolute atomic E-state index is 0.0559. The number of carboxylic acids is 1. The molecule has 1 amide bonds. The molecule has 1 aliphatic carbocycles. The summed E-state index contributed by atoms with van der Waals surface area (Å²) >= 11 is 3.10. The highest BCUT2D eigenvalue weighted by Crippen LogP contribution is 2.44. The maximum atomic E-state index is 12.3. The van der Waals surface area contributed by atoms with Gasteiger partial charge in [0.25, 0.3) is 0 Å². The minimum Gasteiger partial charge on any atom is -0.480 e. The van der Waals surface area contributed by atoms with Gasteiger partial charge in [0, 0.05) is 22.3 Å². The summed E-state index contributed by atoms with van der Waals surface area (Å²) in [5, 5.41) is 13.9. The largest absolute Gasteiger partial charge is 0.480 e. The smallest absolute Gasteiger partial charge is 0.407 e. The Hall–Kier alpha value is -2.77. The van der Waals surface area contributed by atoms with Crippen LogP contribution in [0.4, 0.5) is 4.79 Å². The molecule has 30 heavy (non-hydrogen) atoms. The number of hydrogen-bond donors (Lipinski definition) is 2. The molecule has 0 spiro atoms. The van der Waals surface area contributed by atoms with Gasteiger partial charge in [-0.05, 0) is 33.7 Å². The Morgan fingerprint density at radius 1 is 1.03 bits per heavy atom. The normalized spacial score (nSPS) is 13.3. The van der Waals surface area contributed by atoms with Crippen LogP contribution in [0.2, 0.25) is 0 Å². The summed E-state index contributed by atoms with van der Waals surface area (Å²) in [5.41, 5.74) is 4.53. The van der Waals surface area contributed by atoms with E-state index >= 15 is 0 Å². The fourth-order valence-corrected chi connectivity index (χ4v) is 5.52. The number of nitrogens with one attached hydrogen (secondary N) is 1. The molecule has 2 N–H and O–H groups in total. The van der Waals surface area contributed by atoms with Gasteiger partial charge in [-0.2, -0.15) is 11.8 Å². The Bertz CT molecular complexity index is 990. The molecular formula is C23H21NO4S2. The second-order valence-corrected chi connectivity index (χ2v) is 9.02. The summed E-state index contributed by atoms with van der Waals surface area (Å²) in [5.74, 6) is -0.132. The highest BCUT2D eigenvalue weighted by molar-refractivity contribution is 7.98. The van der Waals surface area contributed by atoms with Crippen LogP contribution in [-0.2, 0) is 15.3 Å². The Balaban J connectivity index is 1.35. The van der Waals surface area contributed by atoms with Gasteiger partial charge in [0.2, 0.25) is 0 Å². The van der Waals surface area contributed by atoms with E-state index in [0.717, 1.165) is 22.3 Å². The van der Waals surface area contributed by atoms with Crippen LogP contribution in [0, 0.1) is 0 Å². The third kappa shape index (κ3) is 4.52. The first-order chi connectivity index (χ1) is 14.6. The summed E-state index contributed by atoms with van der Waals surface area (Å²) in [6.45, 7) is 0.161. The van der Waals surface area contributed by atoms with Crippen molar-refractivity contribution in [3.8, 4) is 11.1 Å². The number of fused-ring (bicyclic) bond motifs is 3. The molecule has 0 saturated carbocycles. The van der Waals surface area contributed by atoms with Crippen LogP contribution < -0.4 is 5.32 Å². The molecule has 0 radical (unpaired) electrons. The number of hydrogen-bond acceptors (Lipinski definition) is 5. The van der Waals surface area contributed by atoms with Crippen LogP contribution >= 0.6 is 23.1 Å². The zero-order valence-corrected chi connectivity index (χ0v) is 17.7. The van der Waals surface area contributed by atoms with Crippen molar-refractivity contribution >= 4 is 35.2 Å². The molecule has 154 valence electrons. The zero-order chi connectivity index (χ0) is 20.9. The van der Waals surface area contributed by atoms with Gasteiger partial charge >= 0.3 is 12.1 Å². The van der Waals surface area contributed by atoms with E-state index in [1.54, 1.807) is 11.3 Å². The Labute approximate surface area is 183 Å². The first-order valence-corrected chi connectivity index (χ1v) is 11.6. The average Bonchev–Trinajstić information content (AvgIpc) is 3.38. The molecule has 1 atom stereocenters. The van der Waals surface area contributed by atoms with Crippen molar-refractivity contribution in [2.45, 2.75) is 17.7 Å². The van der Waals surface area contributed by atoms with Crippen LogP contribution in [0.25, 0.3) is 11.1 Å². The minimum atomic E-state index is -1.07. The molecule has 1 aromatic heterocycles. The third-order valence-electron chi connectivity index (χ3n) is 5.04. The molecule has 7 heteroatoms. The first kappa shape index (κ1) is 20.5. The van der Waals surface area contributed by atoms with Gasteiger partial charge in [0.05, 0.1) is 0 Å². The van der Waals surface area contributed by atoms with Gasteiger partial charge in [-0.3, -0.25) is 0 Å². The van der Waals surface area contributed by atoms with Crippen LogP contribution in [0.1, 0.15) is 21.9 Å². The molecule has 3 aromatic rings. The molecule has 2 aromatic carbocycles. The SMILES string of the molecule is O=C(N[C@@H](CSCc1cccs1)C(=O)O)OCC1c2ccccc2-c2ccccc21. The van der Waals surface area contributed by atoms with Crippen molar-refractivity contribution in [1.29, 1.82) is 0 Å². The van der Waals surface area contributed by atoms with Gasteiger partial charge in [0.15, 0.2) is 0 Å². The highest BCUT2D eigenvalue weighted by Gasteiger charge is 2.29. The lowest BCUT2D eigenvalue weighted by Gasteiger charge is -2.17. The molecule has 0 unspecified atom stereocenters. The van der Waals surface area contributed by atoms with Crippen LogP contribution in [0.5, 0.6) is 0 Å². The lowest BCUT2D eigenvalue weighted by atomic mass is 9.98. The number of thioether (sulfide) groups is 1. The number of benzene rings is 2. The van der Waals surface area contributed by atoms with Crippen LogP contribution in [-0.4, -0.2) is 35.6 Å². The van der Waals surface area contributed by atoms with Crippen LogP contribution in [0.3, 0.4) is 0 Å². The van der Waals surface area contributed by atoms with E-state index < -0.39 is 18.1 Å². The predicted molar refractivity (Wildman–Crippen MR) is 120 cm³/mol. The van der Waals surface area contributed by atoms with Crippen molar-refractivity contribution in [3.05, 3.63) is 82.0 Å². The summed E-state index contributed by atoms with van der Waals surface area (Å²) in [4.78, 5) is 25.0. The number of carbonyl (C=O) groups excluding carboxylic acids is 1. The van der Waals surface area contributed by atoms with E-state index in [0.29, 0.717) is 5.75 Å². The fraction of sp³-hybridized carbons (Fsp3) is 0.217. The monoisotopic (exact) mass is 439 g/mol. The van der Waals surface area contributed by atoms with Crippen molar-refractivity contribution in [3.63, 3.8) is 0 Å². The van der Waals surface area contributed by atoms with Crippen molar-refractivity contribution in [1.82, 2.24) is 5.32 Å². The summed E-state index contributed by atoms with van der Waals surface area (Å²) < 4.78 is 5.45. The Morgan fingerprint density at radius 3 is 2.30 bits per heavy atom. The lowest BCUT2D eigenvalue weighted by Crippen LogP contribution is -2.43. The second-order valence-electron chi connectivity index (χ2n) is 6.96. The molecule has 4 rings (SSSR count). The number of alkyl carbamates (subject to hydrolysis) is 1. The van der Waals surface area contributed by atoms with E-state index in [1.807, 2.05) is 53.9 Å². The summed E-state index contributed by atoms with van der Waals surface area (Å²) in [6, 6.07) is 19.1. The van der Waals surface area contributed by atoms with E-state index in [1.165, 1.54) is 16.6 Å². The zero-order valence-electron chi connectivity index (χ0n) is 16.1. The van der Waals surface area contributed by atoms with Crippen molar-refractivity contribution in [2.24, 2.45) is 0 Å². The maximum Gasteiger partial charge on any atom is 0.407 e. The van der Waals surface area contributed by atoms with Gasteiger partial charge in [-0.15, -0.1) is 11.3 Å². The third-order valence-corrected chi connectivity index (χ3v) is 7.19. The number of thiophene rings is 1. The fourth-order valence-electron chi connectivity index (χ4n) is 3.63. The maximum absolute atomic E-state index is 12.3. The highest BCUT2D eigenvalue weighted by atomic mass is 32.2. The number of amides is 1. The summed E-state index contributed by atoms with van der Waals surface area (Å²) in [7, 11) is 0. The number of carbonyl (C=O) groups is 2. The molecule has 0 aliphatic heterocycles. The molecule has 1 heterocycles. The van der Waals surface area contributed by atoms with E-state index in [4.69, 9.17) is 4.74 Å². The average molecular weight is 440 g/mol. The molecular weight excluding hydrogens is 418 g/mol. The number of aliphatic carboxylic acids is 1. The van der Waals surface area contributed by atoms with E-state index in [9.17, 15) is 14.7 Å². The Morgan fingerprint density at radius 2 is 1.70 bits per heavy atom. The standard InChI is InChI=1S/C23H21NO4S2/c25-22(26)21(14-29-13-15-6-5-11-30-15)24-23(27)28-12-20-18-9-3-1-7-16(18)17-8-2-4-10-19(17)20/h1-11,20-21H,12-14H2,(H,24,27)(H,25,26)/t21-/m0/s1.